The van der Waals surface area contributed by atoms with Crippen molar-refractivity contribution in [1.29, 1.82) is 0 Å². The topological polar surface area (TPSA) is 19.7 Å². The van der Waals surface area contributed by atoms with Crippen LogP contribution in [0.2, 0.25) is 0 Å². The summed E-state index contributed by atoms with van der Waals surface area (Å²) in [6.45, 7) is 6.67. The first-order valence-electron chi connectivity index (χ1n) is 3.75. The van der Waals surface area contributed by atoms with Crippen LogP contribution in [-0.4, -0.2) is 4.98 Å². The summed E-state index contributed by atoms with van der Waals surface area (Å²) in [5, 5.41) is 0. The van der Waals surface area contributed by atoms with E-state index in [0.29, 0.717) is 12.0 Å². The van der Waals surface area contributed by atoms with Gasteiger partial charge in [0, 0.05) is 0 Å². The molecule has 1 atom stereocenters. The molecule has 0 aliphatic carbocycles. The molecule has 0 bridgehead atoms. The van der Waals surface area contributed by atoms with Gasteiger partial charge in [-0.05, 0) is 12.8 Å². The van der Waals surface area contributed by atoms with Gasteiger partial charge in [-0.15, -0.1) is 0 Å². The first-order valence-corrected chi connectivity index (χ1v) is 3.75. The van der Waals surface area contributed by atoms with E-state index in [9.17, 15) is 0 Å². The predicted molar refractivity (Wildman–Crippen MR) is 40.5 cm³/mol. The van der Waals surface area contributed by atoms with Crippen molar-refractivity contribution >= 4 is 0 Å². The van der Waals surface area contributed by atoms with E-state index in [1.807, 2.05) is 12.5 Å². The zero-order valence-electron chi connectivity index (χ0n) is 7.21. The average Bonchev–Trinajstić information content (AvgIpc) is 2.36. The van der Waals surface area contributed by atoms with Gasteiger partial charge in [0.25, 0.3) is 0 Å². The van der Waals surface area contributed by atoms with Gasteiger partial charge in [0.2, 0.25) is 6.33 Å². The number of H-pyrrole nitrogens is 1. The minimum atomic E-state index is 0. The molecule has 1 aromatic rings. The molecular weight excluding hydrogens is 204 g/mol. The second-order valence-corrected chi connectivity index (χ2v) is 3.04. The highest BCUT2D eigenvalue weighted by Gasteiger charge is 2.12. The monoisotopic (exact) mass is 218 g/mol. The third-order valence-electron chi connectivity index (χ3n) is 2.00. The summed E-state index contributed by atoms with van der Waals surface area (Å²) in [5.74, 6) is 0.695. The van der Waals surface area contributed by atoms with Crippen molar-refractivity contribution in [3.05, 3.63) is 18.7 Å². The Morgan fingerprint density at radius 1 is 1.27 bits per heavy atom. The minimum Gasteiger partial charge on any atom is -1.00 e. The number of halogens is 1. The Kier molecular flexibility index (Phi) is 4.42. The van der Waals surface area contributed by atoms with Gasteiger partial charge in [0.05, 0.1) is 6.04 Å². The second kappa shape index (κ2) is 4.54. The standard InChI is InChI=1S/C8H14N2.BrH/c1-7(2)8(3)10-5-4-9-6-10;/h4-8H,1-3H3;1H. The summed E-state index contributed by atoms with van der Waals surface area (Å²) in [4.78, 5) is 3.03. The Morgan fingerprint density at radius 3 is 2.27 bits per heavy atom. The third-order valence-corrected chi connectivity index (χ3v) is 2.00. The molecule has 0 aliphatic rings. The van der Waals surface area contributed by atoms with Crippen LogP contribution in [-0.2, 0) is 0 Å². The fraction of sp³-hybridized carbons (Fsp3) is 0.625. The van der Waals surface area contributed by atoms with Crippen LogP contribution in [0.5, 0.6) is 0 Å². The summed E-state index contributed by atoms with van der Waals surface area (Å²) >= 11 is 0. The molecule has 0 fully saturated rings. The van der Waals surface area contributed by atoms with Gasteiger partial charge in [-0.25, -0.2) is 4.57 Å². The Labute approximate surface area is 78.4 Å². The number of rotatable bonds is 2. The first kappa shape index (κ1) is 10.7. The highest BCUT2D eigenvalue weighted by Crippen LogP contribution is 2.07. The molecule has 0 aliphatic heterocycles. The molecule has 0 saturated carbocycles. The number of aromatic amines is 1. The molecule has 3 heteroatoms. The molecule has 0 aromatic carbocycles. The zero-order chi connectivity index (χ0) is 7.56. The van der Waals surface area contributed by atoms with Gasteiger partial charge < -0.3 is 17.0 Å². The fourth-order valence-corrected chi connectivity index (χ4v) is 0.899. The molecule has 0 saturated heterocycles. The SMILES string of the molecule is CC(C)C(C)[n+]1cc[nH]c1.[Br-]. The Balaban J connectivity index is 0.000001000. The molecule has 1 aromatic heterocycles. The number of hydrogen-bond donors (Lipinski definition) is 1. The lowest BCUT2D eigenvalue weighted by Crippen LogP contribution is -3.00. The van der Waals surface area contributed by atoms with Gasteiger partial charge in [0.15, 0.2) is 0 Å². The maximum Gasteiger partial charge on any atom is 0.241 e. The number of hydrogen-bond acceptors (Lipinski definition) is 0. The van der Waals surface area contributed by atoms with Crippen LogP contribution >= 0.6 is 0 Å². The molecule has 11 heavy (non-hydrogen) atoms. The van der Waals surface area contributed by atoms with Crippen molar-refractivity contribution < 1.29 is 21.5 Å². The summed E-state index contributed by atoms with van der Waals surface area (Å²) in [7, 11) is 0. The second-order valence-electron chi connectivity index (χ2n) is 3.04. The lowest BCUT2D eigenvalue weighted by atomic mass is 10.1. The van der Waals surface area contributed by atoms with Crippen LogP contribution in [0.3, 0.4) is 0 Å². The van der Waals surface area contributed by atoms with Crippen molar-refractivity contribution in [3.63, 3.8) is 0 Å². The Morgan fingerprint density at radius 2 is 1.91 bits per heavy atom. The van der Waals surface area contributed by atoms with Crippen molar-refractivity contribution in [2.75, 3.05) is 0 Å². The van der Waals surface area contributed by atoms with Crippen LogP contribution in [0, 0.1) is 5.92 Å². The lowest BCUT2D eigenvalue weighted by molar-refractivity contribution is -0.724. The molecule has 0 spiro atoms. The smallest absolute Gasteiger partial charge is 0.241 e. The van der Waals surface area contributed by atoms with E-state index in [0.717, 1.165) is 0 Å². The molecule has 1 unspecified atom stereocenters. The molecule has 1 heterocycles. The van der Waals surface area contributed by atoms with E-state index in [4.69, 9.17) is 0 Å². The largest absolute Gasteiger partial charge is 1.00 e. The number of aromatic nitrogens is 2. The third kappa shape index (κ3) is 2.66. The van der Waals surface area contributed by atoms with Gasteiger partial charge in [0.1, 0.15) is 12.4 Å². The van der Waals surface area contributed by atoms with E-state index in [1.54, 1.807) is 0 Å². The first-order chi connectivity index (χ1) is 4.72. The maximum atomic E-state index is 3.03. The van der Waals surface area contributed by atoms with Crippen molar-refractivity contribution in [3.8, 4) is 0 Å². The van der Waals surface area contributed by atoms with Crippen LogP contribution in [0.1, 0.15) is 26.8 Å². The van der Waals surface area contributed by atoms with Gasteiger partial charge >= 0.3 is 0 Å². The predicted octanol–water partition coefficient (Wildman–Crippen LogP) is -1.48. The summed E-state index contributed by atoms with van der Waals surface area (Å²) in [6.07, 6.45) is 5.99. The van der Waals surface area contributed by atoms with E-state index in [-0.39, 0.29) is 17.0 Å². The Hall–Kier alpha value is -0.310. The van der Waals surface area contributed by atoms with Gasteiger partial charge in [-0.3, -0.25) is 4.98 Å². The van der Waals surface area contributed by atoms with E-state index >= 15 is 0 Å². The van der Waals surface area contributed by atoms with Gasteiger partial charge in [-0.1, -0.05) is 13.8 Å². The molecule has 64 valence electrons. The highest BCUT2D eigenvalue weighted by molar-refractivity contribution is 4.59. The van der Waals surface area contributed by atoms with Crippen LogP contribution in [0.15, 0.2) is 18.7 Å². The summed E-state index contributed by atoms with van der Waals surface area (Å²) in [6, 6.07) is 0.589. The molecule has 1 rings (SSSR count). The van der Waals surface area contributed by atoms with E-state index in [1.165, 1.54) is 0 Å². The molecule has 2 nitrogen and oxygen atoms in total. The van der Waals surface area contributed by atoms with Crippen LogP contribution in [0.4, 0.5) is 0 Å². The van der Waals surface area contributed by atoms with Crippen molar-refractivity contribution in [2.45, 2.75) is 26.8 Å². The van der Waals surface area contributed by atoms with Crippen LogP contribution in [0.25, 0.3) is 0 Å². The number of imidazole rings is 1. The highest BCUT2D eigenvalue weighted by atomic mass is 79.9. The number of nitrogens with zero attached hydrogens (tertiary/aromatic N) is 1. The van der Waals surface area contributed by atoms with E-state index < -0.39 is 0 Å². The summed E-state index contributed by atoms with van der Waals surface area (Å²) < 4.78 is 2.19. The molecule has 0 amide bonds. The fourth-order valence-electron chi connectivity index (χ4n) is 0.899. The zero-order valence-corrected chi connectivity index (χ0v) is 8.80. The number of nitrogens with one attached hydrogen (secondary N) is 1. The summed E-state index contributed by atoms with van der Waals surface area (Å²) in [5.41, 5.74) is 0. The minimum absolute atomic E-state index is 0. The van der Waals surface area contributed by atoms with Gasteiger partial charge in [-0.2, -0.15) is 0 Å². The van der Waals surface area contributed by atoms with E-state index in [2.05, 4.69) is 36.5 Å². The molecular formula is C8H15BrN2. The van der Waals surface area contributed by atoms with Crippen molar-refractivity contribution in [1.82, 2.24) is 4.98 Å². The van der Waals surface area contributed by atoms with Crippen LogP contribution < -0.4 is 21.5 Å². The average molecular weight is 219 g/mol. The lowest BCUT2D eigenvalue weighted by Gasteiger charge is -2.10. The molecule has 1 N–H and O–H groups in total. The normalized spacial score (nSPS) is 12.7. The quantitative estimate of drug-likeness (QED) is 0.585. The molecule has 0 radical (unpaired) electrons. The maximum absolute atomic E-state index is 3.03. The van der Waals surface area contributed by atoms with Crippen molar-refractivity contribution in [2.24, 2.45) is 5.92 Å². The Bertz CT molecular complexity index is 182.